The van der Waals surface area contributed by atoms with E-state index in [0.29, 0.717) is 13.2 Å². The van der Waals surface area contributed by atoms with Crippen molar-refractivity contribution in [3.05, 3.63) is 0 Å². The van der Waals surface area contributed by atoms with Gasteiger partial charge in [-0.25, -0.2) is 0 Å². The van der Waals surface area contributed by atoms with Crippen LogP contribution in [0, 0.1) is 0 Å². The van der Waals surface area contributed by atoms with Gasteiger partial charge in [-0.15, -0.1) is 0 Å². The fourth-order valence-corrected chi connectivity index (χ4v) is 6.92. The Morgan fingerprint density at radius 1 is 1.18 bits per heavy atom. The van der Waals surface area contributed by atoms with Crippen molar-refractivity contribution < 1.29 is 8.85 Å². The highest BCUT2D eigenvalue weighted by molar-refractivity contribution is 6.66. The molecule has 132 valence electrons. The molecule has 1 aliphatic heterocycles. The van der Waals surface area contributed by atoms with Crippen LogP contribution < -0.4 is 5.73 Å². The summed E-state index contributed by atoms with van der Waals surface area (Å²) in [5.41, 5.74) is 6.02. The lowest BCUT2D eigenvalue weighted by molar-refractivity contribution is -0.129. The molecule has 0 amide bonds. The van der Waals surface area contributed by atoms with Crippen molar-refractivity contribution in [3.8, 4) is 0 Å². The summed E-state index contributed by atoms with van der Waals surface area (Å²) in [5.74, 6) is 0. The van der Waals surface area contributed by atoms with Gasteiger partial charge >= 0.3 is 8.56 Å². The number of hydrogen-bond acceptors (Lipinski definition) is 4. The largest absolute Gasteiger partial charge is 0.395 e. The van der Waals surface area contributed by atoms with E-state index in [4.69, 9.17) is 14.6 Å². The van der Waals surface area contributed by atoms with Crippen molar-refractivity contribution in [2.75, 3.05) is 13.2 Å². The molecule has 1 aliphatic rings. The lowest BCUT2D eigenvalue weighted by Crippen LogP contribution is -2.64. The second-order valence-corrected chi connectivity index (χ2v) is 11.3. The van der Waals surface area contributed by atoms with Crippen molar-refractivity contribution in [2.24, 2.45) is 5.73 Å². The molecular weight excluding hydrogens is 292 g/mol. The minimum Gasteiger partial charge on any atom is -0.395 e. The van der Waals surface area contributed by atoms with Crippen LogP contribution in [0.3, 0.4) is 0 Å². The second kappa shape index (κ2) is 7.75. The van der Waals surface area contributed by atoms with E-state index in [0.717, 1.165) is 12.5 Å². The Morgan fingerprint density at radius 2 is 1.73 bits per heavy atom. The lowest BCUT2D eigenvalue weighted by Gasteiger charge is -2.56. The molecule has 0 aromatic carbocycles. The van der Waals surface area contributed by atoms with E-state index in [1.807, 2.05) is 0 Å². The average molecular weight is 331 g/mol. The third-order valence-corrected chi connectivity index (χ3v) is 7.95. The lowest BCUT2D eigenvalue weighted by atomic mass is 9.79. The molecule has 22 heavy (non-hydrogen) atoms. The maximum absolute atomic E-state index is 6.58. The topological polar surface area (TPSA) is 47.7 Å². The van der Waals surface area contributed by atoms with Gasteiger partial charge in [0.2, 0.25) is 0 Å². The highest BCUT2D eigenvalue weighted by Gasteiger charge is 2.46. The van der Waals surface area contributed by atoms with Crippen LogP contribution in [0.5, 0.6) is 0 Å². The molecule has 2 N–H and O–H groups in total. The Labute approximate surface area is 139 Å². The molecule has 1 fully saturated rings. The van der Waals surface area contributed by atoms with E-state index in [2.05, 4.69) is 53.0 Å². The van der Waals surface area contributed by atoms with Crippen molar-refractivity contribution in [2.45, 2.75) is 97.1 Å². The number of likely N-dealkylation sites (tertiary alicyclic amines) is 1. The standard InChI is InChI=1S/C17H38N2O2Si/c1-8-20-22(7,14-10-13-18)21-15(2)19-16(3,4)11-9-12-17(19,5)6/h15H,8-14,18H2,1-7H3. The van der Waals surface area contributed by atoms with Gasteiger partial charge in [-0.3, -0.25) is 4.90 Å². The van der Waals surface area contributed by atoms with E-state index in [9.17, 15) is 0 Å². The molecule has 0 aliphatic carbocycles. The van der Waals surface area contributed by atoms with Gasteiger partial charge in [0.25, 0.3) is 0 Å². The predicted octanol–water partition coefficient (Wildman–Crippen LogP) is 3.85. The van der Waals surface area contributed by atoms with Gasteiger partial charge in [-0.05, 0) is 86.4 Å². The van der Waals surface area contributed by atoms with Crippen molar-refractivity contribution in [1.29, 1.82) is 0 Å². The quantitative estimate of drug-likeness (QED) is 0.687. The minimum atomic E-state index is -2.16. The highest BCUT2D eigenvalue weighted by atomic mass is 28.4. The molecule has 0 radical (unpaired) electrons. The molecule has 0 spiro atoms. The summed E-state index contributed by atoms with van der Waals surface area (Å²) in [6, 6.07) is 0.969. The van der Waals surface area contributed by atoms with E-state index in [-0.39, 0.29) is 17.3 Å². The van der Waals surface area contributed by atoms with Gasteiger partial charge in [0.1, 0.15) is 0 Å². The zero-order chi connectivity index (χ0) is 17.0. The summed E-state index contributed by atoms with van der Waals surface area (Å²) in [6.07, 6.45) is 4.78. The molecule has 1 saturated heterocycles. The summed E-state index contributed by atoms with van der Waals surface area (Å²) >= 11 is 0. The highest BCUT2D eigenvalue weighted by Crippen LogP contribution is 2.40. The van der Waals surface area contributed by atoms with Crippen LogP contribution in [0.4, 0.5) is 0 Å². The zero-order valence-corrected chi connectivity index (χ0v) is 16.9. The smallest absolute Gasteiger partial charge is 0.336 e. The number of rotatable bonds is 8. The molecule has 4 nitrogen and oxygen atoms in total. The minimum absolute atomic E-state index is 0.0753. The Hall–Kier alpha value is 0.0569. The summed E-state index contributed by atoms with van der Waals surface area (Å²) in [5, 5.41) is 0. The van der Waals surface area contributed by atoms with E-state index >= 15 is 0 Å². The SMILES string of the molecule is CCO[Si](C)(CCCN)OC(C)N1C(C)(C)CCCC1(C)C. The first-order chi connectivity index (χ1) is 10.1. The molecule has 1 heterocycles. The fraction of sp³-hybridized carbons (Fsp3) is 1.00. The van der Waals surface area contributed by atoms with E-state index in [1.165, 1.54) is 19.3 Å². The van der Waals surface area contributed by atoms with Gasteiger partial charge < -0.3 is 14.6 Å². The molecule has 5 heteroatoms. The number of hydrogen-bond donors (Lipinski definition) is 1. The van der Waals surface area contributed by atoms with Gasteiger partial charge in [0.05, 0.1) is 6.23 Å². The van der Waals surface area contributed by atoms with Crippen LogP contribution in [0.15, 0.2) is 0 Å². The first kappa shape index (κ1) is 20.1. The van der Waals surface area contributed by atoms with Crippen molar-refractivity contribution in [3.63, 3.8) is 0 Å². The average Bonchev–Trinajstić information content (AvgIpc) is 2.34. The van der Waals surface area contributed by atoms with Crippen LogP contribution in [0.25, 0.3) is 0 Å². The van der Waals surface area contributed by atoms with Crippen LogP contribution >= 0.6 is 0 Å². The normalized spacial score (nSPS) is 25.6. The summed E-state index contributed by atoms with van der Waals surface area (Å²) in [4.78, 5) is 2.57. The van der Waals surface area contributed by atoms with Crippen LogP contribution in [0.1, 0.15) is 67.2 Å². The number of nitrogens with two attached hydrogens (primary N) is 1. The molecular formula is C17H38N2O2Si. The number of piperidine rings is 1. The van der Waals surface area contributed by atoms with Gasteiger partial charge in [0.15, 0.2) is 0 Å². The maximum Gasteiger partial charge on any atom is 0.336 e. The monoisotopic (exact) mass is 330 g/mol. The predicted molar refractivity (Wildman–Crippen MR) is 96.1 cm³/mol. The summed E-state index contributed by atoms with van der Waals surface area (Å²) in [7, 11) is -2.16. The van der Waals surface area contributed by atoms with Gasteiger partial charge in [0, 0.05) is 17.7 Å². The molecule has 0 aromatic heterocycles. The van der Waals surface area contributed by atoms with Crippen molar-refractivity contribution >= 4 is 8.56 Å². The summed E-state index contributed by atoms with van der Waals surface area (Å²) in [6.45, 7) is 17.2. The van der Waals surface area contributed by atoms with Crippen LogP contribution in [0.2, 0.25) is 12.6 Å². The van der Waals surface area contributed by atoms with Crippen LogP contribution in [-0.4, -0.2) is 43.9 Å². The fourth-order valence-electron chi connectivity index (χ4n) is 4.31. The Kier molecular flexibility index (Phi) is 7.08. The zero-order valence-electron chi connectivity index (χ0n) is 15.9. The van der Waals surface area contributed by atoms with Crippen molar-refractivity contribution in [1.82, 2.24) is 4.90 Å². The molecule has 0 saturated carbocycles. The third-order valence-electron chi connectivity index (χ3n) is 4.95. The van der Waals surface area contributed by atoms with E-state index in [1.54, 1.807) is 0 Å². The Balaban J connectivity index is 2.88. The van der Waals surface area contributed by atoms with Gasteiger partial charge in [-0.2, -0.15) is 0 Å². The molecule has 0 aromatic rings. The summed E-state index contributed by atoms with van der Waals surface area (Å²) < 4.78 is 12.6. The number of nitrogens with zero attached hydrogens (tertiary/aromatic N) is 1. The molecule has 2 atom stereocenters. The van der Waals surface area contributed by atoms with Gasteiger partial charge in [-0.1, -0.05) is 0 Å². The molecule has 0 bridgehead atoms. The molecule has 1 rings (SSSR count). The second-order valence-electron chi connectivity index (χ2n) is 8.02. The first-order valence-corrected chi connectivity index (χ1v) is 11.4. The van der Waals surface area contributed by atoms with Crippen LogP contribution in [-0.2, 0) is 8.85 Å². The maximum atomic E-state index is 6.58. The Morgan fingerprint density at radius 3 is 2.18 bits per heavy atom. The third kappa shape index (κ3) is 5.03. The molecule has 2 unspecified atom stereocenters. The Bertz CT molecular complexity index is 334. The van der Waals surface area contributed by atoms with E-state index < -0.39 is 8.56 Å². The first-order valence-electron chi connectivity index (χ1n) is 8.89.